The van der Waals surface area contributed by atoms with Crippen molar-refractivity contribution in [2.45, 2.75) is 13.1 Å². The van der Waals surface area contributed by atoms with Crippen LogP contribution in [0.5, 0.6) is 5.75 Å². The first kappa shape index (κ1) is 15.5. The van der Waals surface area contributed by atoms with Crippen LogP contribution in [-0.4, -0.2) is 34.7 Å². The normalized spacial score (nSPS) is 11.6. The molecule has 0 saturated heterocycles. The number of carbonyl (C=O) groups is 1. The minimum absolute atomic E-state index is 0.367. The van der Waals surface area contributed by atoms with E-state index in [2.05, 4.69) is 17.8 Å². The van der Waals surface area contributed by atoms with Crippen molar-refractivity contribution in [2.75, 3.05) is 20.4 Å². The van der Waals surface area contributed by atoms with Crippen LogP contribution in [0, 0.1) is 0 Å². The van der Waals surface area contributed by atoms with Crippen molar-refractivity contribution in [1.82, 2.24) is 0 Å². The molecule has 104 valence electrons. The van der Waals surface area contributed by atoms with Gasteiger partial charge in [-0.3, -0.25) is 0 Å². The van der Waals surface area contributed by atoms with Gasteiger partial charge in [-0.25, -0.2) is 4.79 Å². The van der Waals surface area contributed by atoms with Crippen LogP contribution in [0.4, 0.5) is 0 Å². The maximum absolute atomic E-state index is 11.0. The van der Waals surface area contributed by atoms with Crippen LogP contribution in [0.15, 0.2) is 30.3 Å². The highest BCUT2D eigenvalue weighted by Gasteiger charge is 2.21. The standard InChI is InChI=1S/C14H20O4Si/c1-16-14(15)10-7-12-5-8-13(9-6-12)18-11-19(3,4)17-2/h5-10H,11H2,1-4H3/b10-7-. The highest BCUT2D eigenvalue weighted by atomic mass is 28.4. The average Bonchev–Trinajstić information content (AvgIpc) is 2.43. The first-order valence-electron chi connectivity index (χ1n) is 6.01. The Morgan fingerprint density at radius 2 is 1.84 bits per heavy atom. The Hall–Kier alpha value is -1.59. The lowest BCUT2D eigenvalue weighted by Crippen LogP contribution is -2.37. The van der Waals surface area contributed by atoms with Gasteiger partial charge in [0.25, 0.3) is 0 Å². The van der Waals surface area contributed by atoms with Gasteiger partial charge < -0.3 is 13.9 Å². The molecule has 0 bridgehead atoms. The third-order valence-electron chi connectivity index (χ3n) is 2.63. The number of ether oxygens (including phenoxy) is 2. The van der Waals surface area contributed by atoms with Crippen molar-refractivity contribution in [3.05, 3.63) is 35.9 Å². The van der Waals surface area contributed by atoms with Crippen molar-refractivity contribution in [3.8, 4) is 5.75 Å². The van der Waals surface area contributed by atoms with E-state index in [1.807, 2.05) is 24.3 Å². The van der Waals surface area contributed by atoms with Gasteiger partial charge in [-0.05, 0) is 36.9 Å². The second-order valence-electron chi connectivity index (χ2n) is 4.68. The van der Waals surface area contributed by atoms with Gasteiger partial charge in [0.15, 0.2) is 0 Å². The van der Waals surface area contributed by atoms with E-state index in [1.165, 1.54) is 13.2 Å². The summed E-state index contributed by atoms with van der Waals surface area (Å²) in [6, 6.07) is 7.51. The van der Waals surface area contributed by atoms with Crippen molar-refractivity contribution in [2.24, 2.45) is 0 Å². The van der Waals surface area contributed by atoms with E-state index in [9.17, 15) is 4.79 Å². The Morgan fingerprint density at radius 1 is 1.21 bits per heavy atom. The Bertz CT molecular complexity index is 437. The minimum atomic E-state index is -1.71. The average molecular weight is 280 g/mol. The lowest BCUT2D eigenvalue weighted by Gasteiger charge is -2.20. The van der Waals surface area contributed by atoms with E-state index in [-0.39, 0.29) is 5.97 Å². The molecule has 0 saturated carbocycles. The summed E-state index contributed by atoms with van der Waals surface area (Å²) >= 11 is 0. The summed E-state index contributed by atoms with van der Waals surface area (Å²) in [6.45, 7) is 4.20. The number of carbonyl (C=O) groups excluding carboxylic acids is 1. The van der Waals surface area contributed by atoms with E-state index >= 15 is 0 Å². The molecule has 0 spiro atoms. The highest BCUT2D eigenvalue weighted by molar-refractivity contribution is 6.71. The van der Waals surface area contributed by atoms with Crippen LogP contribution >= 0.6 is 0 Å². The molecule has 19 heavy (non-hydrogen) atoms. The SMILES string of the molecule is COC(=O)/C=C\c1ccc(OC[Si](C)(C)OC)cc1. The van der Waals surface area contributed by atoms with E-state index in [0.717, 1.165) is 11.3 Å². The zero-order valence-electron chi connectivity index (χ0n) is 11.8. The van der Waals surface area contributed by atoms with Crippen molar-refractivity contribution < 1.29 is 18.7 Å². The molecule has 1 aromatic carbocycles. The molecule has 4 nitrogen and oxygen atoms in total. The van der Waals surface area contributed by atoms with Crippen molar-refractivity contribution in [1.29, 1.82) is 0 Å². The third kappa shape index (κ3) is 5.72. The molecule has 0 amide bonds. The molecular formula is C14H20O4Si. The van der Waals surface area contributed by atoms with Gasteiger partial charge in [0.2, 0.25) is 8.32 Å². The fourth-order valence-corrected chi connectivity index (χ4v) is 1.86. The maximum atomic E-state index is 11.0. The quantitative estimate of drug-likeness (QED) is 0.456. The van der Waals surface area contributed by atoms with E-state index < -0.39 is 8.32 Å². The van der Waals surface area contributed by atoms with E-state index in [0.29, 0.717) is 6.23 Å². The zero-order valence-corrected chi connectivity index (χ0v) is 12.8. The Morgan fingerprint density at radius 3 is 2.37 bits per heavy atom. The van der Waals surface area contributed by atoms with Gasteiger partial charge in [-0.15, -0.1) is 0 Å². The molecule has 0 N–H and O–H groups in total. The van der Waals surface area contributed by atoms with Crippen LogP contribution in [-0.2, 0) is 14.0 Å². The topological polar surface area (TPSA) is 44.8 Å². The third-order valence-corrected chi connectivity index (χ3v) is 4.58. The predicted octanol–water partition coefficient (Wildman–Crippen LogP) is 2.64. The van der Waals surface area contributed by atoms with Crippen molar-refractivity contribution >= 4 is 20.4 Å². The highest BCUT2D eigenvalue weighted by Crippen LogP contribution is 2.15. The summed E-state index contributed by atoms with van der Waals surface area (Å²) < 4.78 is 15.6. The van der Waals surface area contributed by atoms with E-state index in [1.54, 1.807) is 13.2 Å². The van der Waals surface area contributed by atoms with Crippen LogP contribution in [0.25, 0.3) is 6.08 Å². The lowest BCUT2D eigenvalue weighted by atomic mass is 10.2. The van der Waals surface area contributed by atoms with Gasteiger partial charge >= 0.3 is 5.97 Å². The molecular weight excluding hydrogens is 260 g/mol. The molecule has 0 fully saturated rings. The summed E-state index contributed by atoms with van der Waals surface area (Å²) in [5.74, 6) is 0.431. The first-order valence-corrected chi connectivity index (χ1v) is 9.12. The van der Waals surface area contributed by atoms with E-state index in [4.69, 9.17) is 9.16 Å². The molecule has 0 radical (unpaired) electrons. The van der Waals surface area contributed by atoms with Crippen LogP contribution < -0.4 is 4.74 Å². The summed E-state index contributed by atoms with van der Waals surface area (Å²) in [4.78, 5) is 11.0. The smallest absolute Gasteiger partial charge is 0.330 e. The summed E-state index contributed by atoms with van der Waals surface area (Å²) in [6.07, 6.45) is 3.70. The summed E-state index contributed by atoms with van der Waals surface area (Å²) in [5, 5.41) is 0. The Labute approximate surface area is 115 Å². The van der Waals surface area contributed by atoms with Gasteiger partial charge in [0.1, 0.15) is 12.0 Å². The number of benzene rings is 1. The lowest BCUT2D eigenvalue weighted by molar-refractivity contribution is -0.134. The zero-order chi connectivity index (χ0) is 14.3. The Balaban J connectivity index is 2.57. The number of esters is 1. The fourth-order valence-electron chi connectivity index (χ4n) is 1.22. The molecule has 0 unspecified atom stereocenters. The number of hydrogen-bond donors (Lipinski definition) is 0. The van der Waals surface area contributed by atoms with Crippen LogP contribution in [0.2, 0.25) is 13.1 Å². The number of rotatable bonds is 6. The molecule has 5 heteroatoms. The second kappa shape index (κ2) is 7.11. The molecule has 0 aliphatic carbocycles. The van der Waals surface area contributed by atoms with Crippen molar-refractivity contribution in [3.63, 3.8) is 0 Å². The maximum Gasteiger partial charge on any atom is 0.330 e. The van der Waals surface area contributed by atoms with Gasteiger partial charge in [0, 0.05) is 13.2 Å². The van der Waals surface area contributed by atoms with Gasteiger partial charge in [-0.1, -0.05) is 12.1 Å². The summed E-state index contributed by atoms with van der Waals surface area (Å²) in [7, 11) is 1.36. The largest absolute Gasteiger partial charge is 0.494 e. The first-order chi connectivity index (χ1) is 8.96. The monoisotopic (exact) mass is 280 g/mol. The number of hydrogen-bond acceptors (Lipinski definition) is 4. The van der Waals surface area contributed by atoms with Gasteiger partial charge in [0.05, 0.1) is 7.11 Å². The minimum Gasteiger partial charge on any atom is -0.494 e. The van der Waals surface area contributed by atoms with Crippen LogP contribution in [0.3, 0.4) is 0 Å². The Kier molecular flexibility index (Phi) is 5.79. The molecule has 0 heterocycles. The molecule has 1 aromatic rings. The molecule has 0 atom stereocenters. The molecule has 0 aromatic heterocycles. The molecule has 0 aliphatic heterocycles. The summed E-state index contributed by atoms with van der Waals surface area (Å²) in [5.41, 5.74) is 0.918. The van der Waals surface area contributed by atoms with Gasteiger partial charge in [-0.2, -0.15) is 0 Å². The molecule has 1 rings (SSSR count). The predicted molar refractivity (Wildman–Crippen MR) is 77.5 cm³/mol. The number of methoxy groups -OCH3 is 1. The molecule has 0 aliphatic rings. The van der Waals surface area contributed by atoms with Crippen LogP contribution in [0.1, 0.15) is 5.56 Å². The fraction of sp³-hybridized carbons (Fsp3) is 0.357. The second-order valence-corrected chi connectivity index (χ2v) is 8.89.